The number of nitrogens with zero attached hydrogens (tertiary/aromatic N) is 5. The number of rotatable bonds is 6. The summed E-state index contributed by atoms with van der Waals surface area (Å²) in [6.07, 6.45) is 4.95. The minimum atomic E-state index is -1.11. The number of benzene rings is 2. The molecule has 1 aliphatic rings. The summed E-state index contributed by atoms with van der Waals surface area (Å²) in [5.41, 5.74) is 4.99. The predicted octanol–water partition coefficient (Wildman–Crippen LogP) is 3.93. The highest BCUT2D eigenvalue weighted by atomic mass is 32.2. The molecule has 4 rings (SSSR count). The zero-order valence-corrected chi connectivity index (χ0v) is 17.2. The van der Waals surface area contributed by atoms with Gasteiger partial charge in [-0.1, -0.05) is 12.1 Å². The van der Waals surface area contributed by atoms with Gasteiger partial charge in [-0.15, -0.1) is 5.10 Å². The van der Waals surface area contributed by atoms with E-state index in [1.54, 1.807) is 23.8 Å². The van der Waals surface area contributed by atoms with Gasteiger partial charge in [-0.05, 0) is 49.4 Å². The third-order valence-electron chi connectivity index (χ3n) is 4.17. The van der Waals surface area contributed by atoms with E-state index in [0.717, 1.165) is 34.0 Å². The number of hydrazone groups is 1. The Morgan fingerprint density at radius 2 is 1.73 bits per heavy atom. The molecule has 0 fully saturated rings. The van der Waals surface area contributed by atoms with Crippen LogP contribution < -0.4 is 15.0 Å². The largest absolute Gasteiger partial charge is 0.324 e. The summed E-state index contributed by atoms with van der Waals surface area (Å²) < 4.78 is 14.1. The Morgan fingerprint density at radius 1 is 1.00 bits per heavy atom. The van der Waals surface area contributed by atoms with Gasteiger partial charge >= 0.3 is 0 Å². The molecular weight excluding hydrogens is 398 g/mol. The van der Waals surface area contributed by atoms with Gasteiger partial charge in [0.05, 0.1) is 11.4 Å². The number of anilines is 4. The maximum absolute atomic E-state index is 11.3. The zero-order chi connectivity index (χ0) is 20.9. The van der Waals surface area contributed by atoms with Gasteiger partial charge in [-0.2, -0.15) is 0 Å². The molecule has 0 amide bonds. The average molecular weight is 417 g/mol. The number of nitrogens with one attached hydrogen (secondary N) is 2. The van der Waals surface area contributed by atoms with Gasteiger partial charge in [0.25, 0.3) is 0 Å². The molecule has 150 valence electrons. The normalized spacial score (nSPS) is 13.7. The molecule has 2 heterocycles. The summed E-state index contributed by atoms with van der Waals surface area (Å²) in [4.78, 5) is 13.1. The Morgan fingerprint density at radius 3 is 2.40 bits per heavy atom. The molecular formula is C21H19N7OS. The van der Waals surface area contributed by atoms with Crippen LogP contribution in [0, 0.1) is 0 Å². The van der Waals surface area contributed by atoms with Crippen LogP contribution in [0.1, 0.15) is 6.92 Å². The molecule has 0 saturated carbocycles. The molecule has 1 unspecified atom stereocenters. The average Bonchev–Trinajstić information content (AvgIpc) is 2.75. The summed E-state index contributed by atoms with van der Waals surface area (Å²) >= 11 is 0. The van der Waals surface area contributed by atoms with Crippen LogP contribution in [0.3, 0.4) is 0 Å². The molecule has 1 aliphatic heterocycles. The molecule has 1 aromatic heterocycles. The molecule has 1 atom stereocenters. The lowest BCUT2D eigenvalue weighted by Gasteiger charge is -2.14. The molecule has 9 heteroatoms. The maximum Gasteiger partial charge on any atom is 0.227 e. The molecule has 2 N–H and O–H groups in total. The monoisotopic (exact) mass is 417 g/mol. The van der Waals surface area contributed by atoms with Crippen molar-refractivity contribution in [2.75, 3.05) is 21.3 Å². The van der Waals surface area contributed by atoms with Gasteiger partial charge in [0.1, 0.15) is 23.0 Å². The Labute approximate surface area is 176 Å². The molecule has 0 saturated heterocycles. The van der Waals surface area contributed by atoms with E-state index in [1.165, 1.54) is 0 Å². The van der Waals surface area contributed by atoms with Crippen molar-refractivity contribution < 1.29 is 4.21 Å². The molecule has 8 nitrogen and oxygen atoms in total. The summed E-state index contributed by atoms with van der Waals surface area (Å²) in [5.74, 6) is 3.33. The van der Waals surface area contributed by atoms with E-state index < -0.39 is 11.0 Å². The topological polar surface area (TPSA) is 94.9 Å². The van der Waals surface area contributed by atoms with Gasteiger partial charge in [0, 0.05) is 35.3 Å². The van der Waals surface area contributed by atoms with Gasteiger partial charge in [0.15, 0.2) is 0 Å². The SMILES string of the molecule is CC1=C=NN(c2ccc(Nc3nccc(-c4ccc(NS(C)=O)cc4)n3)cc2)C=N1. The Kier molecular flexibility index (Phi) is 5.65. The van der Waals surface area contributed by atoms with Gasteiger partial charge in [0.2, 0.25) is 5.95 Å². The van der Waals surface area contributed by atoms with Crippen molar-refractivity contribution in [3.63, 3.8) is 0 Å². The number of aliphatic imine (C=N–C) groups is 1. The molecule has 0 spiro atoms. The van der Waals surface area contributed by atoms with E-state index in [1.807, 2.05) is 61.5 Å². The first-order valence-electron chi connectivity index (χ1n) is 9.11. The quantitative estimate of drug-likeness (QED) is 0.634. The van der Waals surface area contributed by atoms with Crippen molar-refractivity contribution in [3.05, 3.63) is 66.5 Å². The minimum Gasteiger partial charge on any atom is -0.324 e. The molecule has 30 heavy (non-hydrogen) atoms. The first-order chi connectivity index (χ1) is 14.6. The van der Waals surface area contributed by atoms with E-state index in [9.17, 15) is 4.21 Å². The summed E-state index contributed by atoms with van der Waals surface area (Å²) in [6.45, 7) is 1.84. The summed E-state index contributed by atoms with van der Waals surface area (Å²) in [5, 5.41) is 9.06. The minimum absolute atomic E-state index is 0.494. The second-order valence-corrected chi connectivity index (χ2v) is 7.57. The summed E-state index contributed by atoms with van der Waals surface area (Å²) in [6, 6.07) is 17.1. The molecule has 2 aromatic carbocycles. The van der Waals surface area contributed by atoms with Crippen LogP contribution in [0.25, 0.3) is 11.3 Å². The molecule has 0 bridgehead atoms. The third kappa shape index (κ3) is 4.78. The van der Waals surface area contributed by atoms with Crippen LogP contribution in [0.5, 0.6) is 0 Å². The number of hydrogen-bond acceptors (Lipinski definition) is 7. The maximum atomic E-state index is 11.3. The predicted molar refractivity (Wildman–Crippen MR) is 122 cm³/mol. The third-order valence-corrected chi connectivity index (χ3v) is 4.69. The lowest BCUT2D eigenvalue weighted by atomic mass is 10.1. The first kappa shape index (κ1) is 19.5. The highest BCUT2D eigenvalue weighted by molar-refractivity contribution is 7.85. The van der Waals surface area contributed by atoms with Crippen LogP contribution in [0.15, 0.2) is 76.6 Å². The fraction of sp³-hybridized carbons (Fsp3) is 0.0952. The van der Waals surface area contributed by atoms with Crippen molar-refractivity contribution in [1.82, 2.24) is 9.97 Å². The van der Waals surface area contributed by atoms with E-state index in [-0.39, 0.29) is 0 Å². The van der Waals surface area contributed by atoms with E-state index in [4.69, 9.17) is 0 Å². The second-order valence-electron chi connectivity index (χ2n) is 6.46. The van der Waals surface area contributed by atoms with Crippen LogP contribution in [-0.2, 0) is 11.0 Å². The zero-order valence-electron chi connectivity index (χ0n) is 16.4. The highest BCUT2D eigenvalue weighted by Gasteiger charge is 2.07. The molecule has 3 aromatic rings. The Balaban J connectivity index is 1.47. The highest BCUT2D eigenvalue weighted by Crippen LogP contribution is 2.23. The lowest BCUT2D eigenvalue weighted by Crippen LogP contribution is -2.15. The van der Waals surface area contributed by atoms with Crippen molar-refractivity contribution in [3.8, 4) is 11.3 Å². The van der Waals surface area contributed by atoms with E-state index in [0.29, 0.717) is 5.95 Å². The van der Waals surface area contributed by atoms with E-state index in [2.05, 4.69) is 36.0 Å². The fourth-order valence-corrected chi connectivity index (χ4v) is 3.20. The van der Waals surface area contributed by atoms with Gasteiger partial charge in [-0.3, -0.25) is 0 Å². The summed E-state index contributed by atoms with van der Waals surface area (Å²) in [7, 11) is -1.11. The first-order valence-corrected chi connectivity index (χ1v) is 10.7. The number of aromatic nitrogens is 2. The Hall–Kier alpha value is -3.81. The Bertz CT molecular complexity index is 1170. The van der Waals surface area contributed by atoms with Gasteiger partial charge < -0.3 is 10.0 Å². The number of allylic oxidation sites excluding steroid dienone is 1. The van der Waals surface area contributed by atoms with Crippen molar-refractivity contribution in [2.45, 2.75) is 6.92 Å². The van der Waals surface area contributed by atoms with Crippen molar-refractivity contribution in [2.24, 2.45) is 10.1 Å². The standard InChI is InChI=1S/C21H19N7OS/c1-15-13-24-28(14-23-15)19-9-7-17(8-10-19)25-21-22-12-11-20(26-21)16-3-5-18(6-4-16)27-30(2)29/h3-12,14,27H,1-2H3,(H,22,25,26). The number of hydrogen-bond donors (Lipinski definition) is 2. The van der Waals surface area contributed by atoms with E-state index >= 15 is 0 Å². The second kappa shape index (κ2) is 8.69. The van der Waals surface area contributed by atoms with Crippen LogP contribution >= 0.6 is 0 Å². The van der Waals surface area contributed by atoms with Gasteiger partial charge in [-0.25, -0.2) is 24.2 Å². The smallest absolute Gasteiger partial charge is 0.227 e. The lowest BCUT2D eigenvalue weighted by molar-refractivity contribution is 0.690. The van der Waals surface area contributed by atoms with Crippen LogP contribution in [0.4, 0.5) is 23.0 Å². The van der Waals surface area contributed by atoms with Crippen molar-refractivity contribution in [1.29, 1.82) is 0 Å². The molecule has 0 radical (unpaired) electrons. The van der Waals surface area contributed by atoms with Crippen LogP contribution in [0.2, 0.25) is 0 Å². The van der Waals surface area contributed by atoms with Crippen molar-refractivity contribution >= 4 is 46.2 Å². The molecule has 0 aliphatic carbocycles. The fourth-order valence-electron chi connectivity index (χ4n) is 2.73. The van der Waals surface area contributed by atoms with Crippen LogP contribution in [-0.4, -0.2) is 32.6 Å².